The zero-order valence-corrected chi connectivity index (χ0v) is 10.1. The van der Waals surface area contributed by atoms with Crippen molar-refractivity contribution in [1.29, 1.82) is 0 Å². The van der Waals surface area contributed by atoms with Crippen molar-refractivity contribution in [2.75, 3.05) is 0 Å². The monoisotopic (exact) mass is 225 g/mol. The Kier molecular flexibility index (Phi) is 2.36. The number of fused-ring (bicyclic) bond motifs is 3. The molecule has 2 aromatic rings. The number of hydrogen-bond acceptors (Lipinski definition) is 2. The largest absolute Gasteiger partial charge is 0.483 e. The summed E-state index contributed by atoms with van der Waals surface area (Å²) in [5.41, 5.74) is 5.01. The molecule has 2 heterocycles. The highest BCUT2D eigenvalue weighted by Gasteiger charge is 2.24. The molecule has 1 aromatic carbocycles. The average Bonchev–Trinajstić information content (AvgIpc) is 2.37. The molecule has 1 aliphatic heterocycles. The van der Waals surface area contributed by atoms with Gasteiger partial charge in [0.2, 0.25) is 0 Å². The fourth-order valence-electron chi connectivity index (χ4n) is 2.41. The third-order valence-electron chi connectivity index (χ3n) is 3.27. The van der Waals surface area contributed by atoms with Gasteiger partial charge in [-0.05, 0) is 25.0 Å². The summed E-state index contributed by atoms with van der Waals surface area (Å²) in [6.45, 7) is 4.27. The average molecular weight is 225 g/mol. The molecule has 0 saturated heterocycles. The van der Waals surface area contributed by atoms with Gasteiger partial charge in [-0.15, -0.1) is 0 Å². The summed E-state index contributed by atoms with van der Waals surface area (Å²) < 4.78 is 6.00. The standard InChI is InChI=1S/C15H15NO/c1-3-14-13-8-10(2)4-5-11(13)12-6-7-16-9-15(12)17-14/h4-9,14H,3H2,1-2H3. The van der Waals surface area contributed by atoms with E-state index in [9.17, 15) is 0 Å². The normalized spacial score (nSPS) is 16.9. The van der Waals surface area contributed by atoms with Crippen molar-refractivity contribution in [3.8, 4) is 16.9 Å². The summed E-state index contributed by atoms with van der Waals surface area (Å²) in [4.78, 5) is 4.13. The first-order valence-electron chi connectivity index (χ1n) is 6.01. The minimum absolute atomic E-state index is 0.154. The van der Waals surface area contributed by atoms with Crippen LogP contribution in [0.15, 0.2) is 36.7 Å². The summed E-state index contributed by atoms with van der Waals surface area (Å²) in [7, 11) is 0. The Morgan fingerprint density at radius 3 is 2.94 bits per heavy atom. The van der Waals surface area contributed by atoms with E-state index in [1.54, 1.807) is 6.20 Å². The molecular weight excluding hydrogens is 210 g/mol. The molecule has 0 N–H and O–H groups in total. The molecule has 3 rings (SSSR count). The van der Waals surface area contributed by atoms with E-state index in [0.717, 1.165) is 17.7 Å². The zero-order chi connectivity index (χ0) is 11.8. The summed E-state index contributed by atoms with van der Waals surface area (Å²) in [5.74, 6) is 0.899. The number of hydrogen-bond donors (Lipinski definition) is 0. The third kappa shape index (κ3) is 1.60. The predicted molar refractivity (Wildman–Crippen MR) is 68.1 cm³/mol. The highest BCUT2D eigenvalue weighted by Crippen LogP contribution is 2.42. The lowest BCUT2D eigenvalue weighted by Gasteiger charge is -2.28. The van der Waals surface area contributed by atoms with Gasteiger partial charge < -0.3 is 4.74 Å². The van der Waals surface area contributed by atoms with Gasteiger partial charge in [0.1, 0.15) is 11.9 Å². The molecule has 1 aliphatic rings. The maximum atomic E-state index is 6.00. The van der Waals surface area contributed by atoms with Gasteiger partial charge in [0.25, 0.3) is 0 Å². The van der Waals surface area contributed by atoms with E-state index < -0.39 is 0 Å². The van der Waals surface area contributed by atoms with Gasteiger partial charge in [-0.25, -0.2) is 0 Å². The highest BCUT2D eigenvalue weighted by molar-refractivity contribution is 5.75. The smallest absolute Gasteiger partial charge is 0.146 e. The second kappa shape index (κ2) is 3.88. The molecule has 0 fully saturated rings. The molecule has 2 nitrogen and oxygen atoms in total. The first-order chi connectivity index (χ1) is 8.29. The van der Waals surface area contributed by atoms with Crippen LogP contribution in [0.25, 0.3) is 11.1 Å². The summed E-state index contributed by atoms with van der Waals surface area (Å²) in [6, 6.07) is 8.60. The number of pyridine rings is 1. The second-order valence-corrected chi connectivity index (χ2v) is 4.48. The molecule has 1 unspecified atom stereocenters. The van der Waals surface area contributed by atoms with Crippen LogP contribution < -0.4 is 4.74 Å². The van der Waals surface area contributed by atoms with E-state index >= 15 is 0 Å². The van der Waals surface area contributed by atoms with E-state index in [0.29, 0.717) is 0 Å². The maximum absolute atomic E-state index is 6.00. The number of nitrogens with zero attached hydrogens (tertiary/aromatic N) is 1. The van der Waals surface area contributed by atoms with Gasteiger partial charge in [0, 0.05) is 17.3 Å². The Morgan fingerprint density at radius 1 is 1.24 bits per heavy atom. The van der Waals surface area contributed by atoms with Crippen LogP contribution in [-0.2, 0) is 0 Å². The van der Waals surface area contributed by atoms with Crippen LogP contribution in [0.5, 0.6) is 5.75 Å². The van der Waals surface area contributed by atoms with Crippen LogP contribution in [-0.4, -0.2) is 4.98 Å². The first-order valence-corrected chi connectivity index (χ1v) is 6.01. The molecule has 17 heavy (non-hydrogen) atoms. The van der Waals surface area contributed by atoms with Crippen molar-refractivity contribution in [3.63, 3.8) is 0 Å². The Bertz CT molecular complexity index is 563. The predicted octanol–water partition coefficient (Wildman–Crippen LogP) is 3.90. The number of ether oxygens (including phenoxy) is 1. The number of benzene rings is 1. The quantitative estimate of drug-likeness (QED) is 0.734. The molecule has 0 aliphatic carbocycles. The molecule has 0 bridgehead atoms. The number of aryl methyl sites for hydroxylation is 1. The van der Waals surface area contributed by atoms with Gasteiger partial charge in [-0.3, -0.25) is 4.98 Å². The minimum atomic E-state index is 0.154. The summed E-state index contributed by atoms with van der Waals surface area (Å²) in [6.07, 6.45) is 4.76. The lowest BCUT2D eigenvalue weighted by Crippen LogP contribution is -2.13. The Hall–Kier alpha value is -1.83. The summed E-state index contributed by atoms with van der Waals surface area (Å²) >= 11 is 0. The molecule has 1 aromatic heterocycles. The second-order valence-electron chi connectivity index (χ2n) is 4.48. The van der Waals surface area contributed by atoms with Crippen molar-refractivity contribution in [2.45, 2.75) is 26.4 Å². The van der Waals surface area contributed by atoms with Crippen LogP contribution >= 0.6 is 0 Å². The summed E-state index contributed by atoms with van der Waals surface area (Å²) in [5, 5.41) is 0. The number of aromatic nitrogens is 1. The van der Waals surface area contributed by atoms with Gasteiger partial charge >= 0.3 is 0 Å². The zero-order valence-electron chi connectivity index (χ0n) is 10.1. The Balaban J connectivity index is 2.25. The van der Waals surface area contributed by atoms with Crippen molar-refractivity contribution >= 4 is 0 Å². The van der Waals surface area contributed by atoms with E-state index in [2.05, 4.69) is 37.0 Å². The van der Waals surface area contributed by atoms with Crippen LogP contribution in [0, 0.1) is 6.92 Å². The fraction of sp³-hybridized carbons (Fsp3) is 0.267. The van der Waals surface area contributed by atoms with Crippen LogP contribution in [0.1, 0.15) is 30.6 Å². The third-order valence-corrected chi connectivity index (χ3v) is 3.27. The lowest BCUT2D eigenvalue weighted by atomic mass is 9.91. The van der Waals surface area contributed by atoms with Crippen LogP contribution in [0.3, 0.4) is 0 Å². The molecular formula is C15H15NO. The Labute approximate surface area is 101 Å². The van der Waals surface area contributed by atoms with E-state index in [-0.39, 0.29) is 6.10 Å². The number of rotatable bonds is 1. The fourth-order valence-corrected chi connectivity index (χ4v) is 2.41. The van der Waals surface area contributed by atoms with Gasteiger partial charge in [0.05, 0.1) is 6.20 Å². The molecule has 2 heteroatoms. The Morgan fingerprint density at radius 2 is 2.12 bits per heavy atom. The van der Waals surface area contributed by atoms with Crippen molar-refractivity contribution < 1.29 is 4.74 Å². The lowest BCUT2D eigenvalue weighted by molar-refractivity contribution is 0.197. The minimum Gasteiger partial charge on any atom is -0.483 e. The highest BCUT2D eigenvalue weighted by atomic mass is 16.5. The van der Waals surface area contributed by atoms with Crippen LogP contribution in [0.2, 0.25) is 0 Å². The van der Waals surface area contributed by atoms with Crippen LogP contribution in [0.4, 0.5) is 0 Å². The topological polar surface area (TPSA) is 22.1 Å². The molecule has 0 radical (unpaired) electrons. The van der Waals surface area contributed by atoms with E-state index in [4.69, 9.17) is 4.74 Å². The molecule has 0 amide bonds. The van der Waals surface area contributed by atoms with E-state index in [1.807, 2.05) is 12.3 Å². The maximum Gasteiger partial charge on any atom is 0.146 e. The van der Waals surface area contributed by atoms with Crippen molar-refractivity contribution in [2.24, 2.45) is 0 Å². The van der Waals surface area contributed by atoms with Gasteiger partial charge in [0.15, 0.2) is 0 Å². The van der Waals surface area contributed by atoms with Crippen molar-refractivity contribution in [3.05, 3.63) is 47.8 Å². The van der Waals surface area contributed by atoms with Crippen molar-refractivity contribution in [1.82, 2.24) is 4.98 Å². The van der Waals surface area contributed by atoms with Gasteiger partial charge in [-0.2, -0.15) is 0 Å². The molecule has 86 valence electrons. The molecule has 0 spiro atoms. The van der Waals surface area contributed by atoms with Gasteiger partial charge in [-0.1, -0.05) is 30.7 Å². The molecule has 1 atom stereocenters. The first kappa shape index (κ1) is 10.3. The molecule has 0 saturated carbocycles. The SMILES string of the molecule is CCC1Oc2cnccc2-c2ccc(C)cc21. The van der Waals surface area contributed by atoms with E-state index in [1.165, 1.54) is 16.7 Å².